The number of aryl methyl sites for hydroxylation is 1. The summed E-state index contributed by atoms with van der Waals surface area (Å²) in [6.45, 7) is 0. The maximum absolute atomic E-state index is 12.9. The van der Waals surface area contributed by atoms with Gasteiger partial charge in [0.15, 0.2) is 11.5 Å². The Morgan fingerprint density at radius 2 is 1.69 bits per heavy atom. The van der Waals surface area contributed by atoms with Gasteiger partial charge in [0.05, 0.1) is 27.4 Å². The van der Waals surface area contributed by atoms with E-state index >= 15 is 0 Å². The molecule has 0 aliphatic heterocycles. The van der Waals surface area contributed by atoms with Gasteiger partial charge < -0.3 is 19.5 Å². The van der Waals surface area contributed by atoms with Crippen molar-refractivity contribution in [3.05, 3.63) is 53.1 Å². The molecule has 138 valence electrons. The van der Waals surface area contributed by atoms with Gasteiger partial charge in [0.25, 0.3) is 5.91 Å². The van der Waals surface area contributed by atoms with Gasteiger partial charge in [-0.3, -0.25) is 4.79 Å². The number of carbonyl (C=O) groups excluding carboxylic acids is 1. The van der Waals surface area contributed by atoms with E-state index in [0.717, 1.165) is 25.7 Å². The number of benzene rings is 2. The van der Waals surface area contributed by atoms with Crippen LogP contribution in [0.1, 0.15) is 46.8 Å². The molecule has 0 radical (unpaired) electrons. The standard InChI is InChI=1S/C21H25NO4/c1-24-18-12-15(13-19(25-2)20(18)26-3)21(23)22-17-11-7-5-9-14-8-4-6-10-16(14)17/h4,6,8,10,12-13,17H,5,7,9,11H2,1-3H3,(H,22,23). The zero-order chi connectivity index (χ0) is 18.5. The van der Waals surface area contributed by atoms with E-state index in [1.807, 2.05) is 6.07 Å². The monoisotopic (exact) mass is 355 g/mol. The van der Waals surface area contributed by atoms with Crippen LogP contribution in [-0.4, -0.2) is 27.2 Å². The Bertz CT molecular complexity index is 762. The maximum atomic E-state index is 12.9. The molecule has 1 aliphatic carbocycles. The normalized spacial score (nSPS) is 16.2. The summed E-state index contributed by atoms with van der Waals surface area (Å²) in [5, 5.41) is 3.18. The summed E-state index contributed by atoms with van der Waals surface area (Å²) in [7, 11) is 4.63. The zero-order valence-corrected chi connectivity index (χ0v) is 15.5. The summed E-state index contributed by atoms with van der Waals surface area (Å²) < 4.78 is 16.0. The van der Waals surface area contributed by atoms with E-state index in [0.29, 0.717) is 22.8 Å². The van der Waals surface area contributed by atoms with Crippen LogP contribution in [0.3, 0.4) is 0 Å². The Labute approximate surface area is 154 Å². The highest BCUT2D eigenvalue weighted by Gasteiger charge is 2.22. The fourth-order valence-electron chi connectivity index (χ4n) is 3.52. The van der Waals surface area contributed by atoms with Gasteiger partial charge in [-0.2, -0.15) is 0 Å². The first kappa shape index (κ1) is 18.1. The average molecular weight is 355 g/mol. The number of methoxy groups -OCH3 is 3. The van der Waals surface area contributed by atoms with E-state index in [-0.39, 0.29) is 11.9 Å². The van der Waals surface area contributed by atoms with Crippen molar-refractivity contribution in [1.29, 1.82) is 0 Å². The summed E-state index contributed by atoms with van der Waals surface area (Å²) in [6.07, 6.45) is 4.24. The average Bonchev–Trinajstić information content (AvgIpc) is 2.89. The Kier molecular flexibility index (Phi) is 5.66. The van der Waals surface area contributed by atoms with Crippen LogP contribution < -0.4 is 19.5 Å². The van der Waals surface area contributed by atoms with E-state index in [1.54, 1.807) is 33.5 Å². The number of hydrogen-bond donors (Lipinski definition) is 1. The van der Waals surface area contributed by atoms with Crippen molar-refractivity contribution in [2.45, 2.75) is 31.7 Å². The van der Waals surface area contributed by atoms with Crippen LogP contribution in [0.25, 0.3) is 0 Å². The SMILES string of the molecule is COc1cc(C(=O)NC2CCCCc3ccccc32)cc(OC)c1OC. The predicted molar refractivity (Wildman–Crippen MR) is 100 cm³/mol. The number of hydrogen-bond acceptors (Lipinski definition) is 4. The number of amides is 1. The first-order chi connectivity index (χ1) is 12.7. The molecule has 0 aromatic heterocycles. The van der Waals surface area contributed by atoms with Gasteiger partial charge in [0, 0.05) is 5.56 Å². The summed E-state index contributed by atoms with van der Waals surface area (Å²) in [6, 6.07) is 11.7. The van der Waals surface area contributed by atoms with Crippen molar-refractivity contribution in [3.8, 4) is 17.2 Å². The first-order valence-corrected chi connectivity index (χ1v) is 8.86. The van der Waals surface area contributed by atoms with Crippen LogP contribution in [0.2, 0.25) is 0 Å². The second kappa shape index (κ2) is 8.13. The molecule has 2 aromatic carbocycles. The molecule has 1 amide bonds. The molecule has 0 bridgehead atoms. The van der Waals surface area contributed by atoms with E-state index in [4.69, 9.17) is 14.2 Å². The lowest BCUT2D eigenvalue weighted by atomic mass is 9.98. The van der Waals surface area contributed by atoms with Crippen LogP contribution in [0.15, 0.2) is 36.4 Å². The van der Waals surface area contributed by atoms with E-state index in [2.05, 4.69) is 23.5 Å². The smallest absolute Gasteiger partial charge is 0.252 e. The summed E-state index contributed by atoms with van der Waals surface area (Å²) in [5.41, 5.74) is 3.02. The molecule has 0 heterocycles. The summed E-state index contributed by atoms with van der Waals surface area (Å²) in [5.74, 6) is 1.27. The molecule has 5 heteroatoms. The van der Waals surface area contributed by atoms with E-state index in [1.165, 1.54) is 11.1 Å². The number of ether oxygens (including phenoxy) is 3. The molecule has 3 rings (SSSR count). The molecule has 0 fully saturated rings. The fourth-order valence-corrected chi connectivity index (χ4v) is 3.52. The van der Waals surface area contributed by atoms with Gasteiger partial charge in [-0.15, -0.1) is 0 Å². The molecular formula is C21H25NO4. The third-order valence-electron chi connectivity index (χ3n) is 4.85. The van der Waals surface area contributed by atoms with Crippen LogP contribution in [0.4, 0.5) is 0 Å². The lowest BCUT2D eigenvalue weighted by Gasteiger charge is -2.20. The highest BCUT2D eigenvalue weighted by atomic mass is 16.5. The zero-order valence-electron chi connectivity index (χ0n) is 15.5. The quantitative estimate of drug-likeness (QED) is 0.826. The molecule has 0 saturated carbocycles. The van der Waals surface area contributed by atoms with Crippen LogP contribution in [-0.2, 0) is 6.42 Å². The van der Waals surface area contributed by atoms with Crippen molar-refractivity contribution in [2.75, 3.05) is 21.3 Å². The van der Waals surface area contributed by atoms with Crippen molar-refractivity contribution >= 4 is 5.91 Å². The van der Waals surface area contributed by atoms with Gasteiger partial charge in [-0.05, 0) is 42.5 Å². The highest BCUT2D eigenvalue weighted by Crippen LogP contribution is 2.38. The van der Waals surface area contributed by atoms with E-state index < -0.39 is 0 Å². The number of fused-ring (bicyclic) bond motifs is 1. The van der Waals surface area contributed by atoms with Crippen molar-refractivity contribution in [2.24, 2.45) is 0 Å². The molecule has 26 heavy (non-hydrogen) atoms. The second-order valence-electron chi connectivity index (χ2n) is 6.38. The van der Waals surface area contributed by atoms with Crippen LogP contribution in [0, 0.1) is 0 Å². The molecular weight excluding hydrogens is 330 g/mol. The highest BCUT2D eigenvalue weighted by molar-refractivity contribution is 5.96. The maximum Gasteiger partial charge on any atom is 0.252 e. The van der Waals surface area contributed by atoms with Gasteiger partial charge >= 0.3 is 0 Å². The summed E-state index contributed by atoms with van der Waals surface area (Å²) in [4.78, 5) is 12.9. The minimum Gasteiger partial charge on any atom is -0.493 e. The molecule has 1 aliphatic rings. The Morgan fingerprint density at radius 3 is 2.35 bits per heavy atom. The van der Waals surface area contributed by atoms with E-state index in [9.17, 15) is 4.79 Å². The molecule has 2 aromatic rings. The molecule has 5 nitrogen and oxygen atoms in total. The number of carbonyl (C=O) groups is 1. The van der Waals surface area contributed by atoms with Crippen molar-refractivity contribution < 1.29 is 19.0 Å². The number of rotatable bonds is 5. The van der Waals surface area contributed by atoms with Gasteiger partial charge in [0.2, 0.25) is 5.75 Å². The second-order valence-corrected chi connectivity index (χ2v) is 6.38. The van der Waals surface area contributed by atoms with Crippen molar-refractivity contribution in [3.63, 3.8) is 0 Å². The minimum atomic E-state index is -0.147. The van der Waals surface area contributed by atoms with Gasteiger partial charge in [-0.1, -0.05) is 30.7 Å². The van der Waals surface area contributed by atoms with Crippen LogP contribution in [0.5, 0.6) is 17.2 Å². The molecule has 0 spiro atoms. The third kappa shape index (κ3) is 3.62. The third-order valence-corrected chi connectivity index (χ3v) is 4.85. The molecule has 1 unspecified atom stereocenters. The first-order valence-electron chi connectivity index (χ1n) is 8.86. The Balaban J connectivity index is 1.89. The lowest BCUT2D eigenvalue weighted by Crippen LogP contribution is -2.28. The Morgan fingerprint density at radius 1 is 1.00 bits per heavy atom. The molecule has 1 atom stereocenters. The Hall–Kier alpha value is -2.69. The van der Waals surface area contributed by atoms with Crippen molar-refractivity contribution in [1.82, 2.24) is 5.32 Å². The number of nitrogens with one attached hydrogen (secondary N) is 1. The molecule has 1 N–H and O–H groups in total. The topological polar surface area (TPSA) is 56.8 Å². The van der Waals surface area contributed by atoms with Gasteiger partial charge in [0.1, 0.15) is 0 Å². The predicted octanol–water partition coefficient (Wildman–Crippen LogP) is 3.91. The lowest BCUT2D eigenvalue weighted by molar-refractivity contribution is 0.0933. The van der Waals surface area contributed by atoms with Crippen LogP contribution >= 0.6 is 0 Å². The minimum absolute atomic E-state index is 0.0142. The fraction of sp³-hybridized carbons (Fsp3) is 0.381. The summed E-state index contributed by atoms with van der Waals surface area (Å²) >= 11 is 0. The largest absolute Gasteiger partial charge is 0.493 e. The molecule has 0 saturated heterocycles. The van der Waals surface area contributed by atoms with Gasteiger partial charge in [-0.25, -0.2) is 0 Å².